The maximum Gasteiger partial charge on any atom is 0.281 e. The van der Waals surface area contributed by atoms with Gasteiger partial charge in [-0.15, -0.1) is 0 Å². The maximum absolute atomic E-state index is 14.2. The van der Waals surface area contributed by atoms with E-state index in [1.54, 1.807) is 9.36 Å². The number of nitrogens with zero attached hydrogens (tertiary/aromatic N) is 6. The Morgan fingerprint density at radius 3 is 2.64 bits per heavy atom. The zero-order valence-electron chi connectivity index (χ0n) is 20.6. The Balaban J connectivity index is 1.49. The molecule has 4 aromatic heterocycles. The number of rotatable bonds is 7. The summed E-state index contributed by atoms with van der Waals surface area (Å²) < 4.78 is 5.60. The Kier molecular flexibility index (Phi) is 4.86. The lowest BCUT2D eigenvalue weighted by Gasteiger charge is -2.13. The molecule has 0 spiro atoms. The molecule has 8 heteroatoms. The molecule has 2 aliphatic rings. The van der Waals surface area contributed by atoms with Crippen molar-refractivity contribution in [2.45, 2.75) is 44.7 Å². The predicted molar refractivity (Wildman–Crippen MR) is 140 cm³/mol. The van der Waals surface area contributed by atoms with Crippen LogP contribution in [0.3, 0.4) is 0 Å². The van der Waals surface area contributed by atoms with Crippen molar-refractivity contribution in [3.8, 4) is 16.8 Å². The van der Waals surface area contributed by atoms with Crippen LogP contribution in [-0.2, 0) is 20.1 Å². The first-order valence-corrected chi connectivity index (χ1v) is 12.8. The molecule has 4 heterocycles. The Bertz CT molecular complexity index is 1670. The fourth-order valence-corrected chi connectivity index (χ4v) is 5.25. The van der Waals surface area contributed by atoms with Crippen molar-refractivity contribution < 1.29 is 0 Å². The van der Waals surface area contributed by atoms with Crippen molar-refractivity contribution in [2.75, 3.05) is 7.05 Å². The normalized spacial score (nSPS) is 15.8. The highest BCUT2D eigenvalue weighted by Crippen LogP contribution is 2.40. The van der Waals surface area contributed by atoms with Gasteiger partial charge in [-0.2, -0.15) is 14.9 Å². The van der Waals surface area contributed by atoms with Crippen LogP contribution in [0.1, 0.15) is 42.9 Å². The Morgan fingerprint density at radius 1 is 1.06 bits per heavy atom. The van der Waals surface area contributed by atoms with Gasteiger partial charge in [-0.25, -0.2) is 0 Å². The van der Waals surface area contributed by atoms with E-state index in [1.165, 1.54) is 25.7 Å². The molecular weight excluding hydrogens is 450 g/mol. The summed E-state index contributed by atoms with van der Waals surface area (Å²) in [5, 5.41) is 13.7. The largest absolute Gasteiger partial charge is 0.345 e. The summed E-state index contributed by atoms with van der Waals surface area (Å²) in [4.78, 5) is 19.0. The molecule has 2 aliphatic carbocycles. The summed E-state index contributed by atoms with van der Waals surface area (Å²) in [7, 11) is 3.84. The second-order valence-corrected chi connectivity index (χ2v) is 10.4. The molecular formula is C28H29N7O. The number of fused-ring (bicyclic) bond motifs is 2. The first-order chi connectivity index (χ1) is 17.6. The number of aryl methyl sites for hydroxylation is 1. The molecule has 0 unspecified atom stereocenters. The zero-order valence-corrected chi connectivity index (χ0v) is 20.6. The van der Waals surface area contributed by atoms with Crippen molar-refractivity contribution in [3.05, 3.63) is 70.5 Å². The standard InChI is InChI=1S/C28H29N7O/c1-29-12-21-16-34(14-17-3-4-17)27-25(19-7-9-23(30-13-19)18-5-6-18)28(36)35(32-26(21)27)22-8-10-24-20(11-22)15-33(2)31-24/h7-11,13,15-18,29H,3-6,12,14H2,1-2H3. The van der Waals surface area contributed by atoms with Gasteiger partial charge in [-0.3, -0.25) is 14.5 Å². The van der Waals surface area contributed by atoms with Gasteiger partial charge in [0.25, 0.3) is 5.56 Å². The summed E-state index contributed by atoms with van der Waals surface area (Å²) in [6.45, 7) is 1.59. The molecule has 1 aromatic carbocycles. The van der Waals surface area contributed by atoms with Crippen molar-refractivity contribution in [2.24, 2.45) is 13.0 Å². The highest BCUT2D eigenvalue weighted by Gasteiger charge is 2.28. The topological polar surface area (TPSA) is 82.6 Å². The average molecular weight is 480 g/mol. The number of hydrogen-bond donors (Lipinski definition) is 1. The van der Waals surface area contributed by atoms with Gasteiger partial charge >= 0.3 is 0 Å². The van der Waals surface area contributed by atoms with Crippen LogP contribution in [0.5, 0.6) is 0 Å². The smallest absolute Gasteiger partial charge is 0.281 e. The lowest BCUT2D eigenvalue weighted by molar-refractivity contribution is 0.643. The molecule has 2 fully saturated rings. The van der Waals surface area contributed by atoms with Gasteiger partial charge < -0.3 is 9.88 Å². The van der Waals surface area contributed by atoms with Gasteiger partial charge in [-0.05, 0) is 62.9 Å². The second-order valence-electron chi connectivity index (χ2n) is 10.4. The van der Waals surface area contributed by atoms with Crippen molar-refractivity contribution >= 4 is 21.9 Å². The van der Waals surface area contributed by atoms with E-state index in [2.05, 4.69) is 33.3 Å². The fourth-order valence-electron chi connectivity index (χ4n) is 5.25. The number of nitrogens with one attached hydrogen (secondary N) is 1. The first kappa shape index (κ1) is 21.5. The van der Waals surface area contributed by atoms with E-state index < -0.39 is 0 Å². The first-order valence-electron chi connectivity index (χ1n) is 12.8. The van der Waals surface area contributed by atoms with Crippen LogP contribution in [0, 0.1) is 5.92 Å². The van der Waals surface area contributed by atoms with E-state index in [4.69, 9.17) is 10.1 Å². The van der Waals surface area contributed by atoms with Crippen LogP contribution in [0.25, 0.3) is 38.8 Å². The lowest BCUT2D eigenvalue weighted by Crippen LogP contribution is -2.24. The quantitative estimate of drug-likeness (QED) is 0.379. The molecule has 0 atom stereocenters. The Morgan fingerprint density at radius 2 is 1.92 bits per heavy atom. The number of hydrogen-bond acceptors (Lipinski definition) is 5. The lowest BCUT2D eigenvalue weighted by atomic mass is 10.1. The van der Waals surface area contributed by atoms with Gasteiger partial charge in [-0.1, -0.05) is 6.07 Å². The van der Waals surface area contributed by atoms with Crippen LogP contribution in [0.2, 0.25) is 0 Å². The van der Waals surface area contributed by atoms with E-state index in [1.807, 2.05) is 44.7 Å². The van der Waals surface area contributed by atoms with Crippen LogP contribution >= 0.6 is 0 Å². The van der Waals surface area contributed by atoms with Crippen LogP contribution in [-0.4, -0.2) is 36.2 Å². The molecule has 0 saturated heterocycles. The molecule has 2 saturated carbocycles. The molecule has 0 aliphatic heterocycles. The van der Waals surface area contributed by atoms with E-state index in [-0.39, 0.29) is 5.56 Å². The third kappa shape index (κ3) is 3.64. The minimum Gasteiger partial charge on any atom is -0.345 e. The molecule has 5 aromatic rings. The molecule has 182 valence electrons. The monoisotopic (exact) mass is 479 g/mol. The summed E-state index contributed by atoms with van der Waals surface area (Å²) in [5.74, 6) is 1.24. The van der Waals surface area contributed by atoms with Crippen molar-refractivity contribution in [1.82, 2.24) is 34.4 Å². The summed E-state index contributed by atoms with van der Waals surface area (Å²) in [6, 6.07) is 10.0. The fraction of sp³-hybridized carbons (Fsp3) is 0.357. The highest BCUT2D eigenvalue weighted by molar-refractivity contribution is 5.94. The third-order valence-electron chi connectivity index (χ3n) is 7.41. The minimum absolute atomic E-state index is 0.127. The summed E-state index contributed by atoms with van der Waals surface area (Å²) in [5.41, 5.74) is 7.00. The minimum atomic E-state index is -0.127. The van der Waals surface area contributed by atoms with Crippen molar-refractivity contribution in [1.29, 1.82) is 0 Å². The van der Waals surface area contributed by atoms with Gasteiger partial charge in [0.1, 0.15) is 5.52 Å². The van der Waals surface area contributed by atoms with E-state index in [0.29, 0.717) is 23.9 Å². The van der Waals surface area contributed by atoms with Gasteiger partial charge in [0.2, 0.25) is 0 Å². The van der Waals surface area contributed by atoms with Crippen molar-refractivity contribution in [3.63, 3.8) is 0 Å². The van der Waals surface area contributed by atoms with Crippen LogP contribution in [0.4, 0.5) is 0 Å². The number of benzene rings is 1. The van der Waals surface area contributed by atoms with E-state index in [0.717, 1.165) is 51.0 Å². The Hall–Kier alpha value is -3.78. The third-order valence-corrected chi connectivity index (χ3v) is 7.41. The molecule has 8 nitrogen and oxygen atoms in total. The Labute approximate surface area is 208 Å². The number of pyridine rings is 1. The number of aromatic nitrogens is 6. The molecule has 0 amide bonds. The predicted octanol–water partition coefficient (Wildman–Crippen LogP) is 4.14. The van der Waals surface area contributed by atoms with Crippen LogP contribution in [0.15, 0.2) is 53.7 Å². The van der Waals surface area contributed by atoms with E-state index in [9.17, 15) is 4.79 Å². The van der Waals surface area contributed by atoms with E-state index >= 15 is 0 Å². The maximum atomic E-state index is 14.2. The highest BCUT2D eigenvalue weighted by atomic mass is 16.1. The molecule has 0 radical (unpaired) electrons. The van der Waals surface area contributed by atoms with Gasteiger partial charge in [0, 0.05) is 66.9 Å². The molecule has 7 rings (SSSR count). The molecule has 36 heavy (non-hydrogen) atoms. The molecule has 1 N–H and O–H groups in total. The van der Waals surface area contributed by atoms with Gasteiger partial charge in [0.15, 0.2) is 0 Å². The van der Waals surface area contributed by atoms with Gasteiger partial charge in [0.05, 0.1) is 22.3 Å². The SMILES string of the molecule is CNCc1cn(CC2CC2)c2c(-c3ccc(C4CC4)nc3)c(=O)n(-c3ccc4nn(C)cc4c3)nc12. The van der Waals surface area contributed by atoms with Crippen LogP contribution < -0.4 is 10.9 Å². The average Bonchev–Trinajstić information content (AvgIpc) is 3.80. The summed E-state index contributed by atoms with van der Waals surface area (Å²) in [6.07, 6.45) is 10.9. The summed E-state index contributed by atoms with van der Waals surface area (Å²) >= 11 is 0. The molecule has 0 bridgehead atoms. The zero-order chi connectivity index (χ0) is 24.4. The second kappa shape index (κ2) is 8.13.